The molecule has 1 aliphatic rings. The molecule has 1 heterocycles. The molecule has 0 bridgehead atoms. The van der Waals surface area contributed by atoms with Crippen molar-refractivity contribution in [2.75, 3.05) is 0 Å². The summed E-state index contributed by atoms with van der Waals surface area (Å²) in [5.41, 5.74) is 12.9. The number of hydrogen-bond acceptors (Lipinski definition) is 1. The van der Waals surface area contributed by atoms with Crippen LogP contribution >= 0.6 is 0 Å². The molecule has 0 spiro atoms. The summed E-state index contributed by atoms with van der Waals surface area (Å²) in [6.45, 7) is 4.75. The van der Waals surface area contributed by atoms with Crippen molar-refractivity contribution in [1.29, 1.82) is 0 Å². The maximum atomic E-state index is 4.68. The van der Waals surface area contributed by atoms with Gasteiger partial charge in [-0.25, -0.2) is 0 Å². The molecule has 0 saturated carbocycles. The smallest absolute Gasteiger partial charge is 0.0352 e. The second-order valence-corrected chi connectivity index (χ2v) is 15.1. The van der Waals surface area contributed by atoms with Gasteiger partial charge in [0.05, 0.1) is 0 Å². The quantitative estimate of drug-likeness (QED) is 0.170. The molecule has 0 unspecified atom stereocenters. The van der Waals surface area contributed by atoms with Crippen LogP contribution < -0.4 is 0 Å². The van der Waals surface area contributed by atoms with Crippen molar-refractivity contribution in [1.82, 2.24) is 4.98 Å². The van der Waals surface area contributed by atoms with Crippen LogP contribution in [0.4, 0.5) is 0 Å². The molecule has 53 heavy (non-hydrogen) atoms. The van der Waals surface area contributed by atoms with Gasteiger partial charge in [-0.05, 0) is 123 Å². The topological polar surface area (TPSA) is 12.9 Å². The lowest BCUT2D eigenvalue weighted by atomic mass is 9.79. The number of nitrogens with zero attached hydrogens (tertiary/aromatic N) is 1. The normalized spacial score (nSPS) is 13.2. The van der Waals surface area contributed by atoms with Gasteiger partial charge in [0, 0.05) is 28.8 Å². The maximum Gasteiger partial charge on any atom is 0.0352 e. The van der Waals surface area contributed by atoms with Crippen molar-refractivity contribution in [2.45, 2.75) is 19.3 Å². The van der Waals surface area contributed by atoms with E-state index in [-0.39, 0.29) is 5.41 Å². The summed E-state index contributed by atoms with van der Waals surface area (Å²) in [6, 6.07) is 61.0. The van der Waals surface area contributed by atoms with E-state index in [2.05, 4.69) is 189 Å². The molecular formula is C52H35N. The number of hydrogen-bond donors (Lipinski definition) is 0. The molecule has 0 amide bonds. The fourth-order valence-corrected chi connectivity index (χ4v) is 9.42. The third-order valence-corrected chi connectivity index (χ3v) is 11.9. The average Bonchev–Trinajstić information content (AvgIpc) is 3.45. The van der Waals surface area contributed by atoms with Crippen LogP contribution in [0.1, 0.15) is 25.0 Å². The van der Waals surface area contributed by atoms with E-state index in [0.29, 0.717) is 0 Å². The molecule has 1 aliphatic carbocycles. The van der Waals surface area contributed by atoms with Gasteiger partial charge in [-0.1, -0.05) is 153 Å². The van der Waals surface area contributed by atoms with Gasteiger partial charge in [-0.3, -0.25) is 4.98 Å². The molecule has 0 radical (unpaired) electrons. The summed E-state index contributed by atoms with van der Waals surface area (Å²) in [5.74, 6) is 0. The third kappa shape index (κ3) is 4.35. The van der Waals surface area contributed by atoms with Crippen LogP contribution in [0.5, 0.6) is 0 Å². The lowest BCUT2D eigenvalue weighted by molar-refractivity contribution is 0.660. The van der Waals surface area contributed by atoms with Crippen LogP contribution in [0.2, 0.25) is 0 Å². The fraction of sp³-hybridized carbons (Fsp3) is 0.0577. The maximum absolute atomic E-state index is 4.68. The number of fused-ring (bicyclic) bond motifs is 8. The Balaban J connectivity index is 1.33. The molecule has 0 N–H and O–H groups in total. The Bertz CT molecular complexity index is 3090. The van der Waals surface area contributed by atoms with E-state index in [0.717, 1.165) is 0 Å². The highest BCUT2D eigenvalue weighted by atomic mass is 14.6. The zero-order valence-corrected chi connectivity index (χ0v) is 29.7. The Morgan fingerprint density at radius 3 is 1.83 bits per heavy atom. The Hall–Kier alpha value is -6.57. The SMILES string of the molecule is CC1(C)c2ccccc2-c2c(-c3c4ccccc4c(-c4c5ccccc5cc5ccncc45)c4ccc(-c5ccc6ccccc6c5)cc34)cccc21. The van der Waals surface area contributed by atoms with Crippen LogP contribution in [0.25, 0.3) is 98.4 Å². The van der Waals surface area contributed by atoms with E-state index < -0.39 is 0 Å². The predicted molar refractivity (Wildman–Crippen MR) is 226 cm³/mol. The Labute approximate surface area is 308 Å². The molecule has 10 aromatic rings. The summed E-state index contributed by atoms with van der Waals surface area (Å²) in [6.07, 6.45) is 3.96. The van der Waals surface area contributed by atoms with E-state index in [1.165, 1.54) is 109 Å². The van der Waals surface area contributed by atoms with E-state index in [1.54, 1.807) is 0 Å². The molecule has 0 saturated heterocycles. The molecule has 1 heteroatoms. The number of pyridine rings is 1. The highest BCUT2D eigenvalue weighted by molar-refractivity contribution is 6.28. The Morgan fingerprint density at radius 1 is 0.358 bits per heavy atom. The first-order chi connectivity index (χ1) is 26.1. The van der Waals surface area contributed by atoms with Gasteiger partial charge in [-0.15, -0.1) is 0 Å². The number of aromatic nitrogens is 1. The van der Waals surface area contributed by atoms with Gasteiger partial charge in [0.1, 0.15) is 0 Å². The molecule has 248 valence electrons. The van der Waals surface area contributed by atoms with Gasteiger partial charge in [0.25, 0.3) is 0 Å². The molecule has 1 aromatic heterocycles. The van der Waals surface area contributed by atoms with Gasteiger partial charge in [-0.2, -0.15) is 0 Å². The minimum absolute atomic E-state index is 0.0986. The first kappa shape index (κ1) is 30.1. The highest BCUT2D eigenvalue weighted by Gasteiger charge is 2.37. The standard InChI is InChI=1S/C52H35N/c1-52(2)46-20-10-9-18-42(46)49-43(19-11-21-47(49)52)48-39-16-7-8-17-40(39)51(50-38-15-6-5-14-36(38)29-37-26-27-53-31-45(37)50)41-25-24-35(30-44(41)48)34-23-22-32-12-3-4-13-33(32)28-34/h3-31H,1-2H3. The van der Waals surface area contributed by atoms with Crippen LogP contribution in [-0.4, -0.2) is 4.98 Å². The van der Waals surface area contributed by atoms with Gasteiger partial charge >= 0.3 is 0 Å². The van der Waals surface area contributed by atoms with Gasteiger partial charge in [0.15, 0.2) is 0 Å². The number of benzene rings is 9. The van der Waals surface area contributed by atoms with E-state index in [9.17, 15) is 0 Å². The minimum atomic E-state index is -0.0986. The zero-order chi connectivity index (χ0) is 35.3. The fourth-order valence-electron chi connectivity index (χ4n) is 9.42. The van der Waals surface area contributed by atoms with Crippen molar-refractivity contribution >= 4 is 53.9 Å². The first-order valence-electron chi connectivity index (χ1n) is 18.5. The largest absolute Gasteiger partial charge is 0.264 e. The second-order valence-electron chi connectivity index (χ2n) is 15.1. The van der Waals surface area contributed by atoms with E-state index in [1.807, 2.05) is 6.20 Å². The van der Waals surface area contributed by atoms with Crippen LogP contribution in [-0.2, 0) is 5.41 Å². The lowest BCUT2D eigenvalue weighted by Gasteiger charge is -2.23. The molecule has 1 nitrogen and oxygen atoms in total. The van der Waals surface area contributed by atoms with Crippen molar-refractivity contribution in [2.24, 2.45) is 0 Å². The third-order valence-electron chi connectivity index (χ3n) is 11.9. The monoisotopic (exact) mass is 673 g/mol. The summed E-state index contributed by atoms with van der Waals surface area (Å²) in [4.78, 5) is 4.68. The highest BCUT2D eigenvalue weighted by Crippen LogP contribution is 2.55. The van der Waals surface area contributed by atoms with Crippen molar-refractivity contribution < 1.29 is 0 Å². The second kappa shape index (κ2) is 11.2. The van der Waals surface area contributed by atoms with E-state index >= 15 is 0 Å². The molecule has 0 atom stereocenters. The molecule has 9 aromatic carbocycles. The Kier molecular flexibility index (Phi) is 6.37. The molecule has 0 aliphatic heterocycles. The van der Waals surface area contributed by atoms with E-state index in [4.69, 9.17) is 0 Å². The lowest BCUT2D eigenvalue weighted by Crippen LogP contribution is -2.14. The summed E-state index contributed by atoms with van der Waals surface area (Å²) in [7, 11) is 0. The molecule has 11 rings (SSSR count). The predicted octanol–water partition coefficient (Wildman–Crippen LogP) is 14.2. The van der Waals surface area contributed by atoms with Gasteiger partial charge in [0.2, 0.25) is 0 Å². The molecule has 0 fully saturated rings. The zero-order valence-electron chi connectivity index (χ0n) is 29.7. The van der Waals surface area contributed by atoms with Crippen LogP contribution in [0, 0.1) is 0 Å². The van der Waals surface area contributed by atoms with Crippen LogP contribution in [0.3, 0.4) is 0 Å². The molecular weight excluding hydrogens is 639 g/mol. The minimum Gasteiger partial charge on any atom is -0.264 e. The average molecular weight is 674 g/mol. The summed E-state index contributed by atoms with van der Waals surface area (Å²) in [5, 5.41) is 12.3. The van der Waals surface area contributed by atoms with Crippen molar-refractivity contribution in [3.63, 3.8) is 0 Å². The van der Waals surface area contributed by atoms with Crippen molar-refractivity contribution in [3.8, 4) is 44.5 Å². The first-order valence-corrected chi connectivity index (χ1v) is 18.5. The Morgan fingerprint density at radius 2 is 0.962 bits per heavy atom. The van der Waals surface area contributed by atoms with Crippen molar-refractivity contribution in [3.05, 3.63) is 187 Å². The number of rotatable bonds is 3. The summed E-state index contributed by atoms with van der Waals surface area (Å²) < 4.78 is 0. The summed E-state index contributed by atoms with van der Waals surface area (Å²) >= 11 is 0. The van der Waals surface area contributed by atoms with Gasteiger partial charge < -0.3 is 0 Å². The van der Waals surface area contributed by atoms with Crippen LogP contribution in [0.15, 0.2) is 176 Å².